The van der Waals surface area contributed by atoms with Crippen LogP contribution in [-0.4, -0.2) is 14.5 Å². The molecule has 0 aliphatic rings. The highest BCUT2D eigenvalue weighted by Crippen LogP contribution is 2.18. The SMILES string of the molecule is Cc1ccc2c(=O)n(C(C)Cc3cccnc3)cnc2c1C. The fourth-order valence-corrected chi connectivity index (χ4v) is 2.72. The molecule has 0 saturated carbocycles. The van der Waals surface area contributed by atoms with Crippen molar-refractivity contribution in [1.29, 1.82) is 0 Å². The Morgan fingerprint density at radius 3 is 2.77 bits per heavy atom. The minimum Gasteiger partial charge on any atom is -0.296 e. The highest BCUT2D eigenvalue weighted by atomic mass is 16.1. The molecule has 0 fully saturated rings. The van der Waals surface area contributed by atoms with Gasteiger partial charge in [0.05, 0.1) is 17.2 Å². The summed E-state index contributed by atoms with van der Waals surface area (Å²) in [6.45, 7) is 6.07. The number of pyridine rings is 1. The lowest BCUT2D eigenvalue weighted by Crippen LogP contribution is -2.25. The molecule has 4 nitrogen and oxygen atoms in total. The van der Waals surface area contributed by atoms with E-state index in [1.165, 1.54) is 0 Å². The summed E-state index contributed by atoms with van der Waals surface area (Å²) in [6, 6.07) is 7.83. The average molecular weight is 293 g/mol. The summed E-state index contributed by atoms with van der Waals surface area (Å²) in [4.78, 5) is 21.4. The van der Waals surface area contributed by atoms with Crippen LogP contribution in [0.25, 0.3) is 10.9 Å². The number of hydrogen-bond acceptors (Lipinski definition) is 3. The summed E-state index contributed by atoms with van der Waals surface area (Å²) in [7, 11) is 0. The van der Waals surface area contributed by atoms with Gasteiger partial charge in [0.2, 0.25) is 0 Å². The summed E-state index contributed by atoms with van der Waals surface area (Å²) in [5.74, 6) is 0. The molecule has 4 heteroatoms. The Morgan fingerprint density at radius 1 is 1.23 bits per heavy atom. The van der Waals surface area contributed by atoms with E-state index in [1.807, 2.05) is 51.2 Å². The highest BCUT2D eigenvalue weighted by molar-refractivity contribution is 5.81. The normalized spacial score (nSPS) is 12.5. The fraction of sp³-hybridized carbons (Fsp3) is 0.278. The van der Waals surface area contributed by atoms with E-state index in [9.17, 15) is 4.79 Å². The molecule has 22 heavy (non-hydrogen) atoms. The molecule has 1 atom stereocenters. The van der Waals surface area contributed by atoms with Gasteiger partial charge in [0.15, 0.2) is 0 Å². The van der Waals surface area contributed by atoms with Crippen LogP contribution in [0.3, 0.4) is 0 Å². The van der Waals surface area contributed by atoms with Gasteiger partial charge in [-0.05, 0) is 56.0 Å². The van der Waals surface area contributed by atoms with E-state index < -0.39 is 0 Å². The first-order valence-corrected chi connectivity index (χ1v) is 7.44. The van der Waals surface area contributed by atoms with Crippen LogP contribution in [0.2, 0.25) is 0 Å². The van der Waals surface area contributed by atoms with Gasteiger partial charge in [-0.1, -0.05) is 12.1 Å². The van der Waals surface area contributed by atoms with Crippen molar-refractivity contribution < 1.29 is 0 Å². The Balaban J connectivity index is 2.03. The summed E-state index contributed by atoms with van der Waals surface area (Å²) in [5.41, 5.74) is 4.16. The van der Waals surface area contributed by atoms with Gasteiger partial charge in [0.25, 0.3) is 5.56 Å². The third kappa shape index (κ3) is 2.52. The van der Waals surface area contributed by atoms with Crippen molar-refractivity contribution in [3.63, 3.8) is 0 Å². The lowest BCUT2D eigenvalue weighted by molar-refractivity contribution is 0.522. The van der Waals surface area contributed by atoms with Crippen LogP contribution in [0, 0.1) is 13.8 Å². The standard InChI is InChI=1S/C18H19N3O/c1-12-6-7-16-17(14(12)3)20-11-21(18(16)22)13(2)9-15-5-4-8-19-10-15/h4-8,10-11,13H,9H2,1-3H3. The molecule has 0 bridgehead atoms. The van der Waals surface area contributed by atoms with E-state index in [0.29, 0.717) is 5.39 Å². The van der Waals surface area contributed by atoms with E-state index in [0.717, 1.165) is 28.6 Å². The topological polar surface area (TPSA) is 47.8 Å². The molecule has 0 spiro atoms. The van der Waals surface area contributed by atoms with E-state index in [-0.39, 0.29) is 11.6 Å². The minimum atomic E-state index is 0.0180. The Morgan fingerprint density at radius 2 is 2.05 bits per heavy atom. The Kier molecular flexibility index (Phi) is 3.75. The van der Waals surface area contributed by atoms with Crippen molar-refractivity contribution in [2.24, 2.45) is 0 Å². The van der Waals surface area contributed by atoms with Gasteiger partial charge in [0, 0.05) is 18.4 Å². The number of rotatable bonds is 3. The molecular formula is C18H19N3O. The molecule has 0 saturated heterocycles. The number of aryl methyl sites for hydroxylation is 2. The maximum absolute atomic E-state index is 12.7. The molecule has 0 radical (unpaired) electrons. The predicted octanol–water partition coefficient (Wildman–Crippen LogP) is 3.21. The van der Waals surface area contributed by atoms with E-state index in [2.05, 4.69) is 9.97 Å². The fourth-order valence-electron chi connectivity index (χ4n) is 2.72. The van der Waals surface area contributed by atoms with Crippen LogP contribution in [0.5, 0.6) is 0 Å². The van der Waals surface area contributed by atoms with Gasteiger partial charge >= 0.3 is 0 Å². The molecule has 2 aromatic heterocycles. The molecule has 0 aliphatic heterocycles. The predicted molar refractivity (Wildman–Crippen MR) is 88.1 cm³/mol. The van der Waals surface area contributed by atoms with Crippen molar-refractivity contribution in [3.05, 3.63) is 70.0 Å². The summed E-state index contributed by atoms with van der Waals surface area (Å²) in [5, 5.41) is 0.684. The third-order valence-electron chi connectivity index (χ3n) is 4.21. The first kappa shape index (κ1) is 14.4. The number of benzene rings is 1. The van der Waals surface area contributed by atoms with Crippen LogP contribution in [0.4, 0.5) is 0 Å². The average Bonchev–Trinajstić information content (AvgIpc) is 2.52. The van der Waals surface area contributed by atoms with Gasteiger partial charge in [-0.3, -0.25) is 14.3 Å². The summed E-state index contributed by atoms with van der Waals surface area (Å²) >= 11 is 0. The van der Waals surface area contributed by atoms with E-state index in [4.69, 9.17) is 0 Å². The highest BCUT2D eigenvalue weighted by Gasteiger charge is 2.12. The Hall–Kier alpha value is -2.49. The molecule has 0 aliphatic carbocycles. The second-order valence-electron chi connectivity index (χ2n) is 5.78. The first-order valence-electron chi connectivity index (χ1n) is 7.44. The summed E-state index contributed by atoms with van der Waals surface area (Å²) in [6.07, 6.45) is 6.01. The maximum Gasteiger partial charge on any atom is 0.261 e. The Bertz CT molecular complexity index is 869. The van der Waals surface area contributed by atoms with Crippen LogP contribution in [0.1, 0.15) is 29.7 Å². The van der Waals surface area contributed by atoms with Gasteiger partial charge in [-0.25, -0.2) is 4.98 Å². The van der Waals surface area contributed by atoms with Crippen molar-refractivity contribution in [2.45, 2.75) is 33.2 Å². The first-order chi connectivity index (χ1) is 10.6. The van der Waals surface area contributed by atoms with Crippen molar-refractivity contribution in [2.75, 3.05) is 0 Å². The van der Waals surface area contributed by atoms with E-state index >= 15 is 0 Å². The smallest absolute Gasteiger partial charge is 0.261 e. The molecule has 112 valence electrons. The van der Waals surface area contributed by atoms with Crippen molar-refractivity contribution in [3.8, 4) is 0 Å². The van der Waals surface area contributed by atoms with Crippen LogP contribution in [0.15, 0.2) is 47.8 Å². The molecule has 3 rings (SSSR count). The van der Waals surface area contributed by atoms with Crippen LogP contribution < -0.4 is 5.56 Å². The zero-order chi connectivity index (χ0) is 15.7. The van der Waals surface area contributed by atoms with Gasteiger partial charge in [-0.15, -0.1) is 0 Å². The Labute approximate surface area is 129 Å². The van der Waals surface area contributed by atoms with Gasteiger partial charge < -0.3 is 0 Å². The molecule has 0 N–H and O–H groups in total. The lowest BCUT2D eigenvalue weighted by atomic mass is 10.1. The zero-order valence-electron chi connectivity index (χ0n) is 13.1. The largest absolute Gasteiger partial charge is 0.296 e. The zero-order valence-corrected chi connectivity index (χ0v) is 13.1. The van der Waals surface area contributed by atoms with E-state index in [1.54, 1.807) is 17.1 Å². The van der Waals surface area contributed by atoms with Crippen molar-refractivity contribution >= 4 is 10.9 Å². The molecule has 0 amide bonds. The molecule has 3 aromatic rings. The van der Waals surface area contributed by atoms with Crippen molar-refractivity contribution in [1.82, 2.24) is 14.5 Å². The van der Waals surface area contributed by atoms with Crippen LogP contribution >= 0.6 is 0 Å². The monoisotopic (exact) mass is 293 g/mol. The number of nitrogens with zero attached hydrogens (tertiary/aromatic N) is 3. The molecule has 1 unspecified atom stereocenters. The molecular weight excluding hydrogens is 274 g/mol. The summed E-state index contributed by atoms with van der Waals surface area (Å²) < 4.78 is 1.71. The minimum absolute atomic E-state index is 0.0180. The number of aromatic nitrogens is 3. The van der Waals surface area contributed by atoms with Crippen LogP contribution in [-0.2, 0) is 6.42 Å². The second-order valence-corrected chi connectivity index (χ2v) is 5.78. The van der Waals surface area contributed by atoms with Gasteiger partial charge in [0.1, 0.15) is 0 Å². The quantitative estimate of drug-likeness (QED) is 0.745. The third-order valence-corrected chi connectivity index (χ3v) is 4.21. The maximum atomic E-state index is 12.7. The molecule has 2 heterocycles. The van der Waals surface area contributed by atoms with Gasteiger partial charge in [-0.2, -0.15) is 0 Å². The number of hydrogen-bond donors (Lipinski definition) is 0. The molecule has 1 aromatic carbocycles. The lowest BCUT2D eigenvalue weighted by Gasteiger charge is -2.16. The number of fused-ring (bicyclic) bond motifs is 1. The second kappa shape index (κ2) is 5.72.